The summed E-state index contributed by atoms with van der Waals surface area (Å²) in [6.45, 7) is 1.06. The van der Waals surface area contributed by atoms with Gasteiger partial charge >= 0.3 is 0 Å². The number of carbonyl (C=O) groups is 2. The van der Waals surface area contributed by atoms with Crippen LogP contribution in [-0.2, 0) is 9.59 Å². The van der Waals surface area contributed by atoms with Crippen molar-refractivity contribution in [2.75, 3.05) is 40.5 Å². The molecule has 0 aliphatic rings. The third-order valence-corrected chi connectivity index (χ3v) is 3.06. The Morgan fingerprint density at radius 3 is 2.50 bits per heavy atom. The van der Waals surface area contributed by atoms with E-state index in [0.29, 0.717) is 6.42 Å². The number of amides is 2. The maximum atomic E-state index is 11.7. The molecule has 0 spiro atoms. The zero-order chi connectivity index (χ0) is 15.4. The molecule has 0 aliphatic carbocycles. The van der Waals surface area contributed by atoms with E-state index < -0.39 is 6.04 Å². The fourth-order valence-electron chi connectivity index (χ4n) is 1.60. The molecule has 0 bridgehead atoms. The van der Waals surface area contributed by atoms with Gasteiger partial charge in [-0.15, -0.1) is 0 Å². The van der Waals surface area contributed by atoms with E-state index in [9.17, 15) is 9.59 Å². The molecule has 8 heteroatoms. The van der Waals surface area contributed by atoms with Crippen molar-refractivity contribution in [1.29, 1.82) is 0 Å². The Morgan fingerprint density at radius 2 is 1.95 bits per heavy atom. The Morgan fingerprint density at radius 1 is 1.25 bits per heavy atom. The number of rotatable bonds is 11. The van der Waals surface area contributed by atoms with Crippen molar-refractivity contribution in [3.63, 3.8) is 0 Å². The molecule has 0 saturated carbocycles. The van der Waals surface area contributed by atoms with Gasteiger partial charge in [0, 0.05) is 27.7 Å². The number of hydrazine groups is 1. The third-order valence-electron chi connectivity index (χ3n) is 2.62. The van der Waals surface area contributed by atoms with Crippen LogP contribution in [0.15, 0.2) is 0 Å². The predicted molar refractivity (Wildman–Crippen MR) is 83.1 cm³/mol. The van der Waals surface area contributed by atoms with Crippen molar-refractivity contribution < 1.29 is 9.59 Å². The molecule has 4 N–H and O–H groups in total. The summed E-state index contributed by atoms with van der Waals surface area (Å²) in [5.41, 5.74) is 3.16. The summed E-state index contributed by atoms with van der Waals surface area (Å²) < 4.78 is 2.86. The van der Waals surface area contributed by atoms with Crippen LogP contribution in [0.5, 0.6) is 0 Å². The predicted octanol–water partition coefficient (Wildman–Crippen LogP) is -0.679. The number of hydrogen-bond acceptors (Lipinski definition) is 6. The van der Waals surface area contributed by atoms with E-state index in [1.165, 1.54) is 11.9 Å². The average molecular weight is 305 g/mol. The number of hydrogen-bond donors (Lipinski definition) is 4. The van der Waals surface area contributed by atoms with Gasteiger partial charge in [0.25, 0.3) is 0 Å². The van der Waals surface area contributed by atoms with Crippen LogP contribution >= 0.6 is 11.9 Å². The van der Waals surface area contributed by atoms with Crippen molar-refractivity contribution in [1.82, 2.24) is 25.8 Å². The Bertz CT molecular complexity index is 289. The molecule has 118 valence electrons. The SMILES string of the molecule is CNC(=O)C(CCCCNN(C)C)NC(=O)CNSC. The number of nitrogens with one attached hydrogen (secondary N) is 4. The molecular weight excluding hydrogens is 278 g/mol. The molecule has 20 heavy (non-hydrogen) atoms. The van der Waals surface area contributed by atoms with Gasteiger partial charge in [0.2, 0.25) is 11.8 Å². The van der Waals surface area contributed by atoms with Gasteiger partial charge in [-0.05, 0) is 25.5 Å². The molecule has 1 atom stereocenters. The van der Waals surface area contributed by atoms with Crippen molar-refractivity contribution >= 4 is 23.8 Å². The molecule has 0 aliphatic heterocycles. The summed E-state index contributed by atoms with van der Waals surface area (Å²) in [5, 5.41) is 7.22. The molecule has 0 rings (SSSR count). The van der Waals surface area contributed by atoms with Crippen LogP contribution in [0.4, 0.5) is 0 Å². The normalized spacial score (nSPS) is 12.2. The minimum Gasteiger partial charge on any atom is -0.357 e. The summed E-state index contributed by atoms with van der Waals surface area (Å²) in [7, 11) is 5.45. The van der Waals surface area contributed by atoms with Gasteiger partial charge in [0.05, 0.1) is 6.54 Å². The van der Waals surface area contributed by atoms with E-state index in [1.54, 1.807) is 7.05 Å². The van der Waals surface area contributed by atoms with Gasteiger partial charge in [-0.3, -0.25) is 24.7 Å². The van der Waals surface area contributed by atoms with Crippen LogP contribution in [0, 0.1) is 0 Å². The van der Waals surface area contributed by atoms with Crippen molar-refractivity contribution in [2.24, 2.45) is 0 Å². The largest absolute Gasteiger partial charge is 0.357 e. The molecule has 0 fully saturated rings. The van der Waals surface area contributed by atoms with Gasteiger partial charge in [0.1, 0.15) is 6.04 Å². The number of carbonyl (C=O) groups excluding carboxylic acids is 2. The summed E-state index contributed by atoms with van der Waals surface area (Å²) in [4.78, 5) is 23.3. The molecule has 0 aromatic carbocycles. The Hall–Kier alpha value is -0.830. The van der Waals surface area contributed by atoms with Gasteiger partial charge in [-0.25, -0.2) is 0 Å². The second-order valence-corrected chi connectivity index (χ2v) is 5.25. The van der Waals surface area contributed by atoms with E-state index in [2.05, 4.69) is 20.8 Å². The first-order valence-corrected chi connectivity index (χ1v) is 7.91. The highest BCUT2D eigenvalue weighted by atomic mass is 32.2. The Balaban J connectivity index is 4.03. The molecule has 7 nitrogen and oxygen atoms in total. The minimum atomic E-state index is -0.462. The third kappa shape index (κ3) is 10.0. The lowest BCUT2D eigenvalue weighted by Gasteiger charge is -2.18. The first-order chi connectivity index (χ1) is 9.51. The lowest BCUT2D eigenvalue weighted by molar-refractivity contribution is -0.128. The van der Waals surface area contributed by atoms with E-state index in [0.717, 1.165) is 19.4 Å². The highest BCUT2D eigenvalue weighted by Crippen LogP contribution is 2.01. The first-order valence-electron chi connectivity index (χ1n) is 6.68. The molecule has 0 saturated heterocycles. The fourth-order valence-corrected chi connectivity index (χ4v) is 1.88. The van der Waals surface area contributed by atoms with Crippen LogP contribution in [0.2, 0.25) is 0 Å². The van der Waals surface area contributed by atoms with Gasteiger partial charge in [-0.2, -0.15) is 0 Å². The second-order valence-electron chi connectivity index (χ2n) is 4.56. The number of unbranched alkanes of at least 4 members (excludes halogenated alkanes) is 1. The highest BCUT2D eigenvalue weighted by Gasteiger charge is 2.18. The van der Waals surface area contributed by atoms with Crippen LogP contribution in [0.25, 0.3) is 0 Å². The van der Waals surface area contributed by atoms with Gasteiger partial charge < -0.3 is 10.6 Å². The zero-order valence-electron chi connectivity index (χ0n) is 12.8. The molecule has 0 aromatic heterocycles. The molecule has 2 amide bonds. The monoisotopic (exact) mass is 305 g/mol. The first kappa shape index (κ1) is 19.2. The Labute approximate surface area is 125 Å². The maximum Gasteiger partial charge on any atom is 0.242 e. The van der Waals surface area contributed by atoms with Crippen LogP contribution in [-0.4, -0.2) is 63.4 Å². The van der Waals surface area contributed by atoms with E-state index in [1.807, 2.05) is 25.4 Å². The zero-order valence-corrected chi connectivity index (χ0v) is 13.6. The summed E-state index contributed by atoms with van der Waals surface area (Å²) in [6.07, 6.45) is 4.31. The number of nitrogens with zero attached hydrogens (tertiary/aromatic N) is 1. The van der Waals surface area contributed by atoms with Gasteiger partial charge in [-0.1, -0.05) is 11.9 Å². The van der Waals surface area contributed by atoms with Crippen molar-refractivity contribution in [3.05, 3.63) is 0 Å². The molecule has 0 radical (unpaired) electrons. The Kier molecular flexibility index (Phi) is 11.5. The maximum absolute atomic E-state index is 11.7. The van der Waals surface area contributed by atoms with Crippen LogP contribution in [0.1, 0.15) is 19.3 Å². The van der Waals surface area contributed by atoms with Crippen molar-refractivity contribution in [2.45, 2.75) is 25.3 Å². The standard InChI is InChI=1S/C12H27N5O2S/c1-13-12(19)10(16-11(18)9-15-20-4)7-5-6-8-14-17(2)3/h10,14-15H,5-9H2,1-4H3,(H,13,19)(H,16,18). The average Bonchev–Trinajstić information content (AvgIpc) is 2.42. The summed E-state index contributed by atoms with van der Waals surface area (Å²) >= 11 is 1.37. The smallest absolute Gasteiger partial charge is 0.242 e. The summed E-state index contributed by atoms with van der Waals surface area (Å²) in [5.74, 6) is -0.317. The van der Waals surface area contributed by atoms with Crippen molar-refractivity contribution in [3.8, 4) is 0 Å². The summed E-state index contributed by atoms with van der Waals surface area (Å²) in [6, 6.07) is -0.462. The van der Waals surface area contributed by atoms with E-state index >= 15 is 0 Å². The lowest BCUT2D eigenvalue weighted by Crippen LogP contribution is -2.47. The molecular formula is C12H27N5O2S. The fraction of sp³-hybridized carbons (Fsp3) is 0.833. The molecule has 0 heterocycles. The van der Waals surface area contributed by atoms with E-state index in [4.69, 9.17) is 0 Å². The lowest BCUT2D eigenvalue weighted by atomic mass is 10.1. The molecule has 1 unspecified atom stereocenters. The second kappa shape index (κ2) is 12.0. The quantitative estimate of drug-likeness (QED) is 0.230. The highest BCUT2D eigenvalue weighted by molar-refractivity contribution is 7.96. The molecule has 0 aromatic rings. The van der Waals surface area contributed by atoms with E-state index in [-0.39, 0.29) is 18.4 Å². The van der Waals surface area contributed by atoms with Crippen LogP contribution < -0.4 is 20.8 Å². The van der Waals surface area contributed by atoms with Gasteiger partial charge in [0.15, 0.2) is 0 Å². The van der Waals surface area contributed by atoms with Crippen LogP contribution in [0.3, 0.4) is 0 Å². The topological polar surface area (TPSA) is 85.5 Å². The minimum absolute atomic E-state index is 0.150. The number of likely N-dealkylation sites (N-methyl/N-ethyl adjacent to an activating group) is 1.